The lowest BCUT2D eigenvalue weighted by atomic mass is 9.91. The van der Waals surface area contributed by atoms with E-state index in [0.717, 1.165) is 25.9 Å². The van der Waals surface area contributed by atoms with Gasteiger partial charge in [0.15, 0.2) is 0 Å². The van der Waals surface area contributed by atoms with E-state index < -0.39 is 12.1 Å². The van der Waals surface area contributed by atoms with Crippen LogP contribution >= 0.6 is 0 Å². The lowest BCUT2D eigenvalue weighted by molar-refractivity contribution is -0.192. The molecule has 1 fully saturated rings. The zero-order valence-electron chi connectivity index (χ0n) is 12.5. The number of halogens is 3. The summed E-state index contributed by atoms with van der Waals surface area (Å²) >= 11 is 0. The molecule has 1 aromatic heterocycles. The summed E-state index contributed by atoms with van der Waals surface area (Å²) in [6, 6.07) is 3.82. The van der Waals surface area contributed by atoms with E-state index >= 15 is 0 Å². The number of hydrogen-bond donors (Lipinski definition) is 3. The maximum absolute atomic E-state index is 11.3. The Kier molecular flexibility index (Phi) is 6.95. The molecule has 2 rings (SSSR count). The summed E-state index contributed by atoms with van der Waals surface area (Å²) in [6.07, 6.45) is -0.942. The van der Waals surface area contributed by atoms with Gasteiger partial charge in [-0.2, -0.15) is 13.2 Å². The first kappa shape index (κ1) is 18.9. The molecule has 23 heavy (non-hydrogen) atoms. The van der Waals surface area contributed by atoms with Crippen LogP contribution in [-0.4, -0.2) is 48.3 Å². The Bertz CT molecular complexity index is 526. The molecule has 9 heteroatoms. The molecule has 1 aromatic rings. The number of nitrogens with one attached hydrogen (secondary N) is 2. The summed E-state index contributed by atoms with van der Waals surface area (Å²) in [5.74, 6) is -2.29. The number of nitrogens with zero attached hydrogens (tertiary/aromatic N) is 1. The molecule has 6 nitrogen and oxygen atoms in total. The van der Waals surface area contributed by atoms with E-state index in [1.165, 1.54) is 5.56 Å². The normalized spacial score (nSPS) is 15.3. The Morgan fingerprint density at radius 3 is 2.26 bits per heavy atom. The van der Waals surface area contributed by atoms with Crippen molar-refractivity contribution >= 4 is 11.9 Å². The number of carbonyl (C=O) groups excluding carboxylic acids is 1. The van der Waals surface area contributed by atoms with Crippen molar-refractivity contribution in [1.29, 1.82) is 0 Å². The number of carbonyl (C=O) groups is 2. The van der Waals surface area contributed by atoms with Gasteiger partial charge < -0.3 is 15.7 Å². The first-order chi connectivity index (χ1) is 10.8. The molecule has 0 atom stereocenters. The number of piperidine rings is 1. The molecule has 1 aliphatic rings. The molecular formula is C14H18F3N3O3. The van der Waals surface area contributed by atoms with Gasteiger partial charge in [-0.25, -0.2) is 4.79 Å². The number of aliphatic carboxylic acids is 1. The predicted molar refractivity (Wildman–Crippen MR) is 76.2 cm³/mol. The van der Waals surface area contributed by atoms with Gasteiger partial charge in [0.25, 0.3) is 5.91 Å². The maximum Gasteiger partial charge on any atom is 0.490 e. The van der Waals surface area contributed by atoms with E-state index in [9.17, 15) is 18.0 Å². The highest BCUT2D eigenvalue weighted by Crippen LogP contribution is 2.24. The van der Waals surface area contributed by atoms with Crippen LogP contribution in [0, 0.1) is 0 Å². The number of hydrogen-bond acceptors (Lipinski definition) is 4. The number of carboxylic acid groups (broad SMARTS) is 1. The number of pyridine rings is 1. The zero-order valence-corrected chi connectivity index (χ0v) is 12.5. The number of aromatic nitrogens is 1. The van der Waals surface area contributed by atoms with Crippen molar-refractivity contribution in [3.63, 3.8) is 0 Å². The number of rotatable bonds is 2. The van der Waals surface area contributed by atoms with Gasteiger partial charge in [-0.05, 0) is 43.5 Å². The van der Waals surface area contributed by atoms with Crippen LogP contribution in [0.5, 0.6) is 0 Å². The summed E-state index contributed by atoms with van der Waals surface area (Å²) in [5.41, 5.74) is 1.73. The predicted octanol–water partition coefficient (Wildman–Crippen LogP) is 1.54. The summed E-state index contributed by atoms with van der Waals surface area (Å²) in [5, 5.41) is 13.0. The molecule has 2 heterocycles. The molecule has 0 saturated carbocycles. The summed E-state index contributed by atoms with van der Waals surface area (Å²) in [4.78, 5) is 24.4. The third kappa shape index (κ3) is 6.23. The van der Waals surface area contributed by atoms with Gasteiger partial charge in [0.2, 0.25) is 0 Å². The van der Waals surface area contributed by atoms with Crippen LogP contribution in [0.2, 0.25) is 0 Å². The summed E-state index contributed by atoms with van der Waals surface area (Å²) < 4.78 is 31.7. The summed E-state index contributed by atoms with van der Waals surface area (Å²) in [7, 11) is 1.62. The quantitative estimate of drug-likeness (QED) is 0.764. The van der Waals surface area contributed by atoms with Gasteiger partial charge in [-0.3, -0.25) is 9.78 Å². The van der Waals surface area contributed by atoms with Crippen molar-refractivity contribution in [3.8, 4) is 0 Å². The van der Waals surface area contributed by atoms with Crippen LogP contribution < -0.4 is 10.6 Å². The van der Waals surface area contributed by atoms with Crippen molar-refractivity contribution in [3.05, 3.63) is 29.6 Å². The van der Waals surface area contributed by atoms with Crippen LogP contribution in [0.15, 0.2) is 18.3 Å². The van der Waals surface area contributed by atoms with Crippen molar-refractivity contribution in [2.75, 3.05) is 20.1 Å². The third-order valence-corrected chi connectivity index (χ3v) is 3.30. The lowest BCUT2D eigenvalue weighted by Gasteiger charge is -2.22. The van der Waals surface area contributed by atoms with E-state index in [2.05, 4.69) is 15.6 Å². The van der Waals surface area contributed by atoms with Gasteiger partial charge in [-0.15, -0.1) is 0 Å². The third-order valence-electron chi connectivity index (χ3n) is 3.30. The molecule has 0 aliphatic carbocycles. The van der Waals surface area contributed by atoms with Crippen molar-refractivity contribution in [2.24, 2.45) is 0 Å². The molecular weight excluding hydrogens is 315 g/mol. The fraction of sp³-hybridized carbons (Fsp3) is 0.500. The number of amides is 1. The first-order valence-electron chi connectivity index (χ1n) is 6.94. The fourth-order valence-corrected chi connectivity index (χ4v) is 2.06. The monoisotopic (exact) mass is 333 g/mol. The molecule has 3 N–H and O–H groups in total. The molecule has 0 spiro atoms. The van der Waals surface area contributed by atoms with Crippen LogP contribution in [-0.2, 0) is 4.79 Å². The Hall–Kier alpha value is -2.16. The number of alkyl halides is 3. The molecule has 1 amide bonds. The van der Waals surface area contributed by atoms with Crippen molar-refractivity contribution < 1.29 is 27.9 Å². The summed E-state index contributed by atoms with van der Waals surface area (Å²) in [6.45, 7) is 2.14. The van der Waals surface area contributed by atoms with Crippen LogP contribution in [0.1, 0.15) is 34.8 Å². The highest BCUT2D eigenvalue weighted by atomic mass is 19.4. The maximum atomic E-state index is 11.3. The lowest BCUT2D eigenvalue weighted by Crippen LogP contribution is -2.26. The highest BCUT2D eigenvalue weighted by Gasteiger charge is 2.38. The van der Waals surface area contributed by atoms with Gasteiger partial charge in [0.1, 0.15) is 5.69 Å². The second-order valence-corrected chi connectivity index (χ2v) is 4.88. The fourth-order valence-electron chi connectivity index (χ4n) is 2.06. The first-order valence-corrected chi connectivity index (χ1v) is 6.94. The minimum Gasteiger partial charge on any atom is -0.475 e. The van der Waals surface area contributed by atoms with E-state index in [1.807, 2.05) is 12.3 Å². The topological polar surface area (TPSA) is 91.3 Å². The second kappa shape index (κ2) is 8.47. The Morgan fingerprint density at radius 2 is 1.87 bits per heavy atom. The van der Waals surface area contributed by atoms with Crippen LogP contribution in [0.3, 0.4) is 0 Å². The zero-order chi connectivity index (χ0) is 17.5. The van der Waals surface area contributed by atoms with E-state index in [4.69, 9.17) is 9.90 Å². The van der Waals surface area contributed by atoms with E-state index in [1.54, 1.807) is 13.1 Å². The minimum absolute atomic E-state index is 0.128. The van der Waals surface area contributed by atoms with Gasteiger partial charge in [0.05, 0.1) is 0 Å². The molecule has 128 valence electrons. The van der Waals surface area contributed by atoms with Crippen LogP contribution in [0.25, 0.3) is 0 Å². The van der Waals surface area contributed by atoms with Crippen molar-refractivity contribution in [2.45, 2.75) is 24.9 Å². The van der Waals surface area contributed by atoms with Crippen molar-refractivity contribution in [1.82, 2.24) is 15.6 Å². The van der Waals surface area contributed by atoms with Gasteiger partial charge >= 0.3 is 12.1 Å². The minimum atomic E-state index is -5.08. The van der Waals surface area contributed by atoms with Crippen LogP contribution in [0.4, 0.5) is 13.2 Å². The SMILES string of the molecule is CNC(=O)c1ccc(C2CCNCC2)cn1.O=C(O)C(F)(F)F. The largest absolute Gasteiger partial charge is 0.490 e. The molecule has 0 aromatic carbocycles. The Balaban J connectivity index is 0.000000322. The average Bonchev–Trinajstić information content (AvgIpc) is 2.55. The highest BCUT2D eigenvalue weighted by molar-refractivity contribution is 5.91. The molecule has 0 unspecified atom stereocenters. The Labute approximate surface area is 131 Å². The number of carboxylic acids is 1. The smallest absolute Gasteiger partial charge is 0.475 e. The molecule has 1 aliphatic heterocycles. The molecule has 0 radical (unpaired) electrons. The molecule has 1 saturated heterocycles. The average molecular weight is 333 g/mol. The van der Waals surface area contributed by atoms with E-state index in [-0.39, 0.29) is 5.91 Å². The Morgan fingerprint density at radius 1 is 1.30 bits per heavy atom. The van der Waals surface area contributed by atoms with E-state index in [0.29, 0.717) is 11.6 Å². The standard InChI is InChI=1S/C12H17N3O.C2HF3O2/c1-13-12(16)11-3-2-10(8-15-11)9-4-6-14-7-5-9;3-2(4,5)1(6)7/h2-3,8-9,14H,4-7H2,1H3,(H,13,16);(H,6,7). The van der Waals surface area contributed by atoms with Gasteiger partial charge in [0, 0.05) is 13.2 Å². The molecule has 0 bridgehead atoms. The van der Waals surface area contributed by atoms with Gasteiger partial charge in [-0.1, -0.05) is 6.07 Å². The second-order valence-electron chi connectivity index (χ2n) is 4.88.